The highest BCUT2D eigenvalue weighted by atomic mass is 35.5. The van der Waals surface area contributed by atoms with Gasteiger partial charge in [-0.2, -0.15) is 0 Å². The lowest BCUT2D eigenvalue weighted by Crippen LogP contribution is -2.37. The van der Waals surface area contributed by atoms with Gasteiger partial charge in [0.2, 0.25) is 0 Å². The molecule has 1 fully saturated rings. The zero-order valence-corrected chi connectivity index (χ0v) is 21.1. The van der Waals surface area contributed by atoms with E-state index in [4.69, 9.17) is 21.1 Å². The maximum Gasteiger partial charge on any atom is 0.326 e. The summed E-state index contributed by atoms with van der Waals surface area (Å²) < 4.78 is 11.4. The minimum absolute atomic E-state index is 0.214. The molecule has 0 spiro atoms. The predicted molar refractivity (Wildman–Crippen MR) is 138 cm³/mol. The number of amides is 2. The number of imide groups is 1. The quantitative estimate of drug-likeness (QED) is 0.281. The Hall–Kier alpha value is -3.29. The largest absolute Gasteiger partial charge is 0.488 e. The maximum absolute atomic E-state index is 13.0. The minimum Gasteiger partial charge on any atom is -0.488 e. The zero-order chi connectivity index (χ0) is 25.2. The van der Waals surface area contributed by atoms with Gasteiger partial charge < -0.3 is 9.47 Å². The molecule has 1 heterocycles. The number of thioether (sulfide) groups is 1. The van der Waals surface area contributed by atoms with Gasteiger partial charge in [0.25, 0.3) is 11.1 Å². The second kappa shape index (κ2) is 10.1. The average molecular weight is 510 g/mol. The Bertz CT molecular complexity index is 1330. The standard InChI is InChI=1S/C27H24ClNO5S/c1-27(2,3)34-24(30)15-29-25(31)23(35-26(29)32)14-21-20-7-5-4-6-18(20)10-13-22(21)33-16-17-8-11-19(28)12-9-17/h4-14H,15-16H2,1-3H3. The van der Waals surface area contributed by atoms with Crippen LogP contribution in [0.3, 0.4) is 0 Å². The van der Waals surface area contributed by atoms with Crippen LogP contribution in [0, 0.1) is 0 Å². The number of benzene rings is 3. The molecule has 1 aliphatic rings. The molecule has 0 bridgehead atoms. The molecule has 8 heteroatoms. The SMILES string of the molecule is CC(C)(C)OC(=O)CN1C(=O)SC(=Cc2c(OCc3ccc(Cl)cc3)ccc3ccccc23)C1=O. The lowest BCUT2D eigenvalue weighted by atomic mass is 10.0. The topological polar surface area (TPSA) is 72.9 Å². The molecule has 0 atom stereocenters. The van der Waals surface area contributed by atoms with Crippen LogP contribution >= 0.6 is 23.4 Å². The Morgan fingerprint density at radius 2 is 1.74 bits per heavy atom. The fourth-order valence-corrected chi connectivity index (χ4v) is 4.51. The van der Waals surface area contributed by atoms with Crippen LogP contribution in [-0.4, -0.2) is 34.2 Å². The van der Waals surface area contributed by atoms with Crippen molar-refractivity contribution in [3.05, 3.63) is 81.7 Å². The Morgan fingerprint density at radius 3 is 2.46 bits per heavy atom. The molecule has 180 valence electrons. The third kappa shape index (κ3) is 6.05. The van der Waals surface area contributed by atoms with E-state index >= 15 is 0 Å². The van der Waals surface area contributed by atoms with Gasteiger partial charge in [-0.15, -0.1) is 0 Å². The van der Waals surface area contributed by atoms with Crippen molar-refractivity contribution in [1.29, 1.82) is 0 Å². The average Bonchev–Trinajstić information content (AvgIpc) is 3.05. The smallest absolute Gasteiger partial charge is 0.326 e. The van der Waals surface area contributed by atoms with Crippen molar-refractivity contribution < 1.29 is 23.9 Å². The summed E-state index contributed by atoms with van der Waals surface area (Å²) in [7, 11) is 0. The fraction of sp³-hybridized carbons (Fsp3) is 0.222. The Labute approximate surface area is 212 Å². The van der Waals surface area contributed by atoms with E-state index in [0.29, 0.717) is 22.9 Å². The third-order valence-electron chi connectivity index (χ3n) is 5.09. The number of ether oxygens (including phenoxy) is 2. The Morgan fingerprint density at radius 1 is 1.03 bits per heavy atom. The third-order valence-corrected chi connectivity index (χ3v) is 6.25. The minimum atomic E-state index is -0.714. The van der Waals surface area contributed by atoms with E-state index in [2.05, 4.69) is 0 Å². The van der Waals surface area contributed by atoms with Crippen LogP contribution in [0.1, 0.15) is 31.9 Å². The number of rotatable bonds is 6. The van der Waals surface area contributed by atoms with E-state index in [1.807, 2.05) is 48.5 Å². The van der Waals surface area contributed by atoms with Gasteiger partial charge in [-0.05, 0) is 73.1 Å². The van der Waals surface area contributed by atoms with E-state index in [1.165, 1.54) is 0 Å². The molecule has 1 saturated heterocycles. The van der Waals surface area contributed by atoms with Crippen molar-refractivity contribution in [3.8, 4) is 5.75 Å². The molecular formula is C27H24ClNO5S. The first-order chi connectivity index (χ1) is 16.6. The fourth-order valence-electron chi connectivity index (χ4n) is 3.56. The first-order valence-electron chi connectivity index (χ1n) is 11.0. The normalized spacial score (nSPS) is 15.2. The van der Waals surface area contributed by atoms with Crippen LogP contribution in [0.15, 0.2) is 65.6 Å². The van der Waals surface area contributed by atoms with Crippen LogP contribution in [0.5, 0.6) is 5.75 Å². The summed E-state index contributed by atoms with van der Waals surface area (Å²) in [5.74, 6) is -0.613. The molecule has 0 unspecified atom stereocenters. The number of carbonyl (C=O) groups excluding carboxylic acids is 3. The van der Waals surface area contributed by atoms with Gasteiger partial charge in [-0.1, -0.05) is 54.1 Å². The van der Waals surface area contributed by atoms with E-state index in [0.717, 1.165) is 33.0 Å². The molecule has 6 nitrogen and oxygen atoms in total. The summed E-state index contributed by atoms with van der Waals surface area (Å²) in [6.07, 6.45) is 1.65. The van der Waals surface area contributed by atoms with E-state index in [9.17, 15) is 14.4 Å². The molecule has 4 rings (SSSR count). The van der Waals surface area contributed by atoms with Crippen LogP contribution in [0.4, 0.5) is 4.79 Å². The molecule has 3 aromatic rings. The van der Waals surface area contributed by atoms with Gasteiger partial charge in [0.15, 0.2) is 0 Å². The number of halogens is 1. The Kier molecular flexibility index (Phi) is 7.19. The van der Waals surface area contributed by atoms with Crippen molar-refractivity contribution in [2.75, 3.05) is 6.54 Å². The molecule has 2 amide bonds. The highest BCUT2D eigenvalue weighted by molar-refractivity contribution is 8.18. The van der Waals surface area contributed by atoms with E-state index < -0.39 is 29.3 Å². The number of carbonyl (C=O) groups is 3. The maximum atomic E-state index is 13.0. The van der Waals surface area contributed by atoms with E-state index in [1.54, 1.807) is 39.0 Å². The van der Waals surface area contributed by atoms with Gasteiger partial charge in [0.1, 0.15) is 24.5 Å². The summed E-state index contributed by atoms with van der Waals surface area (Å²) in [6, 6.07) is 18.9. The van der Waals surface area contributed by atoms with Crippen molar-refractivity contribution in [2.45, 2.75) is 33.0 Å². The molecule has 0 radical (unpaired) electrons. The summed E-state index contributed by atoms with van der Waals surface area (Å²) in [6.45, 7) is 5.05. The number of nitrogens with zero attached hydrogens (tertiary/aromatic N) is 1. The van der Waals surface area contributed by atoms with Gasteiger partial charge in [0.05, 0.1) is 4.91 Å². The number of hydrogen-bond donors (Lipinski definition) is 0. The number of fused-ring (bicyclic) bond motifs is 1. The summed E-state index contributed by atoms with van der Waals surface area (Å²) in [5, 5.41) is 1.96. The van der Waals surface area contributed by atoms with Crippen molar-refractivity contribution >= 4 is 57.3 Å². The van der Waals surface area contributed by atoms with Crippen LogP contribution < -0.4 is 4.74 Å². The summed E-state index contributed by atoms with van der Waals surface area (Å²) in [5.41, 5.74) is 0.902. The molecule has 0 aromatic heterocycles. The number of esters is 1. The second-order valence-corrected chi connectivity index (χ2v) is 10.4. The van der Waals surface area contributed by atoms with Crippen LogP contribution in [0.25, 0.3) is 16.8 Å². The monoisotopic (exact) mass is 509 g/mol. The molecule has 3 aromatic carbocycles. The lowest BCUT2D eigenvalue weighted by Gasteiger charge is -2.21. The molecular weight excluding hydrogens is 486 g/mol. The summed E-state index contributed by atoms with van der Waals surface area (Å²) >= 11 is 6.76. The van der Waals surface area contributed by atoms with Crippen molar-refractivity contribution in [2.24, 2.45) is 0 Å². The van der Waals surface area contributed by atoms with Gasteiger partial charge in [-0.3, -0.25) is 19.3 Å². The van der Waals surface area contributed by atoms with Crippen LogP contribution in [-0.2, 0) is 20.9 Å². The Balaban J connectivity index is 1.64. The van der Waals surface area contributed by atoms with Crippen LogP contribution in [0.2, 0.25) is 5.02 Å². The molecule has 1 aliphatic heterocycles. The van der Waals surface area contributed by atoms with E-state index in [-0.39, 0.29) is 4.91 Å². The summed E-state index contributed by atoms with van der Waals surface area (Å²) in [4.78, 5) is 38.9. The molecule has 0 saturated carbocycles. The van der Waals surface area contributed by atoms with Gasteiger partial charge in [0, 0.05) is 10.6 Å². The highest BCUT2D eigenvalue weighted by Crippen LogP contribution is 2.37. The second-order valence-electron chi connectivity index (χ2n) is 8.97. The first-order valence-corrected chi connectivity index (χ1v) is 12.2. The molecule has 0 aliphatic carbocycles. The zero-order valence-electron chi connectivity index (χ0n) is 19.5. The van der Waals surface area contributed by atoms with Crippen molar-refractivity contribution in [3.63, 3.8) is 0 Å². The molecule has 0 N–H and O–H groups in total. The number of hydrogen-bond acceptors (Lipinski definition) is 6. The van der Waals surface area contributed by atoms with Crippen molar-refractivity contribution in [1.82, 2.24) is 4.90 Å². The van der Waals surface area contributed by atoms with Gasteiger partial charge >= 0.3 is 5.97 Å². The lowest BCUT2D eigenvalue weighted by molar-refractivity contribution is -0.156. The highest BCUT2D eigenvalue weighted by Gasteiger charge is 2.37. The predicted octanol–water partition coefficient (Wildman–Crippen LogP) is 6.45. The molecule has 35 heavy (non-hydrogen) atoms. The van der Waals surface area contributed by atoms with Gasteiger partial charge in [-0.25, -0.2) is 0 Å². The first kappa shape index (κ1) is 24.8.